The van der Waals surface area contributed by atoms with Gasteiger partial charge in [-0.3, -0.25) is 19.7 Å². The molecule has 8 heteroatoms. The number of amides is 1. The first-order chi connectivity index (χ1) is 13.5. The van der Waals surface area contributed by atoms with Crippen LogP contribution in [0, 0.1) is 10.1 Å². The fraction of sp³-hybridized carbons (Fsp3) is 0.200. The third kappa shape index (κ3) is 2.74. The normalized spacial score (nSPS) is 15.8. The van der Waals surface area contributed by atoms with E-state index in [-0.39, 0.29) is 35.6 Å². The van der Waals surface area contributed by atoms with Gasteiger partial charge in [0.25, 0.3) is 11.6 Å². The molecule has 2 aromatic carbocycles. The molecule has 0 spiro atoms. The highest BCUT2D eigenvalue weighted by Gasteiger charge is 2.42. The third-order valence-electron chi connectivity index (χ3n) is 4.81. The number of benzene rings is 2. The standard InChI is InChI=1S/C20H16N2O6/c1-27-10-9-21-17(12-5-4-6-13(11-12)22(25)26)16-18(23)14-7-2-3-8-15(14)28-19(16)20(21)24/h2-8,11,17H,9-10H2,1H3. The van der Waals surface area contributed by atoms with Crippen LogP contribution in [0.5, 0.6) is 0 Å². The van der Waals surface area contributed by atoms with E-state index >= 15 is 0 Å². The Balaban J connectivity index is 1.96. The molecule has 0 aliphatic carbocycles. The molecule has 1 atom stereocenters. The third-order valence-corrected chi connectivity index (χ3v) is 4.81. The van der Waals surface area contributed by atoms with Crippen LogP contribution < -0.4 is 5.43 Å². The first-order valence-corrected chi connectivity index (χ1v) is 8.63. The highest BCUT2D eigenvalue weighted by Crippen LogP contribution is 2.38. The summed E-state index contributed by atoms with van der Waals surface area (Å²) in [6, 6.07) is 11.9. The molecule has 4 rings (SSSR count). The minimum Gasteiger partial charge on any atom is -0.450 e. The average Bonchev–Trinajstić information content (AvgIpc) is 2.99. The summed E-state index contributed by atoms with van der Waals surface area (Å²) < 4.78 is 10.9. The summed E-state index contributed by atoms with van der Waals surface area (Å²) in [6.07, 6.45) is 0. The van der Waals surface area contributed by atoms with Gasteiger partial charge in [-0.05, 0) is 17.7 Å². The summed E-state index contributed by atoms with van der Waals surface area (Å²) in [5.74, 6) is -0.470. The number of methoxy groups -OCH3 is 1. The maximum atomic E-state index is 13.2. The zero-order chi connectivity index (χ0) is 19.8. The Labute approximate surface area is 159 Å². The van der Waals surface area contributed by atoms with Crippen LogP contribution in [-0.2, 0) is 4.74 Å². The Morgan fingerprint density at radius 3 is 2.71 bits per heavy atom. The number of carbonyl (C=O) groups is 1. The first-order valence-electron chi connectivity index (χ1n) is 8.63. The zero-order valence-corrected chi connectivity index (χ0v) is 15.0. The van der Waals surface area contributed by atoms with Gasteiger partial charge in [-0.1, -0.05) is 24.3 Å². The molecule has 1 aliphatic heterocycles. The van der Waals surface area contributed by atoms with Gasteiger partial charge in [-0.15, -0.1) is 0 Å². The number of carbonyl (C=O) groups excluding carboxylic acids is 1. The second-order valence-corrected chi connectivity index (χ2v) is 6.42. The highest BCUT2D eigenvalue weighted by atomic mass is 16.6. The van der Waals surface area contributed by atoms with Crippen molar-refractivity contribution in [2.75, 3.05) is 20.3 Å². The maximum Gasteiger partial charge on any atom is 0.290 e. The number of rotatable bonds is 5. The maximum absolute atomic E-state index is 13.2. The molecule has 0 saturated carbocycles. The van der Waals surface area contributed by atoms with E-state index in [2.05, 4.69) is 0 Å². The van der Waals surface area contributed by atoms with Gasteiger partial charge in [-0.2, -0.15) is 0 Å². The van der Waals surface area contributed by atoms with Crippen molar-refractivity contribution in [1.29, 1.82) is 0 Å². The van der Waals surface area contributed by atoms with E-state index in [0.29, 0.717) is 16.5 Å². The molecule has 3 aromatic rings. The van der Waals surface area contributed by atoms with E-state index in [1.807, 2.05) is 0 Å². The van der Waals surface area contributed by atoms with Gasteiger partial charge in [0.1, 0.15) is 5.58 Å². The lowest BCUT2D eigenvalue weighted by Gasteiger charge is -2.24. The van der Waals surface area contributed by atoms with E-state index in [1.165, 1.54) is 30.2 Å². The molecule has 0 bridgehead atoms. The first kappa shape index (κ1) is 17.9. The summed E-state index contributed by atoms with van der Waals surface area (Å²) in [5, 5.41) is 11.6. The van der Waals surface area contributed by atoms with Crippen molar-refractivity contribution in [1.82, 2.24) is 4.90 Å². The number of fused-ring (bicyclic) bond motifs is 2. The largest absolute Gasteiger partial charge is 0.450 e. The van der Waals surface area contributed by atoms with Gasteiger partial charge in [0, 0.05) is 25.8 Å². The highest BCUT2D eigenvalue weighted by molar-refractivity contribution is 5.99. The summed E-state index contributed by atoms with van der Waals surface area (Å²) >= 11 is 0. The Morgan fingerprint density at radius 2 is 1.96 bits per heavy atom. The van der Waals surface area contributed by atoms with Crippen LogP contribution in [0.25, 0.3) is 11.0 Å². The van der Waals surface area contributed by atoms with Gasteiger partial charge < -0.3 is 14.1 Å². The summed E-state index contributed by atoms with van der Waals surface area (Å²) in [5.41, 5.74) is 0.558. The van der Waals surface area contributed by atoms with E-state index in [0.717, 1.165) is 0 Å². The summed E-state index contributed by atoms with van der Waals surface area (Å²) in [6.45, 7) is 0.460. The molecule has 28 heavy (non-hydrogen) atoms. The summed E-state index contributed by atoms with van der Waals surface area (Å²) in [7, 11) is 1.51. The van der Waals surface area contributed by atoms with Gasteiger partial charge in [-0.25, -0.2) is 0 Å². The molecule has 0 radical (unpaired) electrons. The number of para-hydroxylation sites is 1. The summed E-state index contributed by atoms with van der Waals surface area (Å²) in [4.78, 5) is 38.3. The predicted molar refractivity (Wildman–Crippen MR) is 100 cm³/mol. The van der Waals surface area contributed by atoms with Gasteiger partial charge in [0.2, 0.25) is 5.76 Å². The van der Waals surface area contributed by atoms with Gasteiger partial charge >= 0.3 is 0 Å². The van der Waals surface area contributed by atoms with E-state index in [4.69, 9.17) is 9.15 Å². The van der Waals surface area contributed by atoms with E-state index in [9.17, 15) is 19.7 Å². The Kier molecular flexibility index (Phi) is 4.40. The minimum atomic E-state index is -0.779. The molecular formula is C20H16N2O6. The van der Waals surface area contributed by atoms with Gasteiger partial charge in [0.15, 0.2) is 5.43 Å². The van der Waals surface area contributed by atoms with E-state index in [1.54, 1.807) is 30.3 Å². The van der Waals surface area contributed by atoms with Crippen molar-refractivity contribution in [2.24, 2.45) is 0 Å². The molecule has 1 aromatic heterocycles. The molecule has 0 saturated heterocycles. The van der Waals surface area contributed by atoms with Crippen molar-refractivity contribution in [3.05, 3.63) is 85.8 Å². The van der Waals surface area contributed by atoms with Crippen molar-refractivity contribution in [3.63, 3.8) is 0 Å². The fourth-order valence-electron chi connectivity index (χ4n) is 3.54. The van der Waals surface area contributed by atoms with Crippen LogP contribution >= 0.6 is 0 Å². The second kappa shape index (κ2) is 6.90. The SMILES string of the molecule is COCCN1C(=O)c2oc3ccccc3c(=O)c2C1c1cccc([N+](=O)[O-])c1. The molecular weight excluding hydrogens is 364 g/mol. The lowest BCUT2D eigenvalue weighted by Crippen LogP contribution is -2.32. The fourth-order valence-corrected chi connectivity index (χ4v) is 3.54. The molecule has 1 unspecified atom stereocenters. The van der Waals surface area contributed by atoms with Crippen molar-refractivity contribution in [3.8, 4) is 0 Å². The number of hydrogen-bond acceptors (Lipinski definition) is 6. The molecule has 8 nitrogen and oxygen atoms in total. The topological polar surface area (TPSA) is 103 Å². The van der Waals surface area contributed by atoms with Crippen LogP contribution in [0.2, 0.25) is 0 Å². The minimum absolute atomic E-state index is 0.0312. The number of non-ortho nitro benzene ring substituents is 1. The van der Waals surface area contributed by atoms with Gasteiger partial charge in [0.05, 0.1) is 28.5 Å². The Hall–Kier alpha value is -3.52. The monoisotopic (exact) mass is 380 g/mol. The lowest BCUT2D eigenvalue weighted by molar-refractivity contribution is -0.384. The molecule has 1 amide bonds. The average molecular weight is 380 g/mol. The molecule has 1 aliphatic rings. The van der Waals surface area contributed by atoms with Crippen LogP contribution in [0.4, 0.5) is 5.69 Å². The zero-order valence-electron chi connectivity index (χ0n) is 15.0. The van der Waals surface area contributed by atoms with Crippen molar-refractivity contribution < 1.29 is 18.9 Å². The predicted octanol–water partition coefficient (Wildman–Crippen LogP) is 2.89. The molecule has 2 heterocycles. The molecule has 142 valence electrons. The van der Waals surface area contributed by atoms with Crippen molar-refractivity contribution >= 4 is 22.6 Å². The number of ether oxygens (including phenoxy) is 1. The molecule has 0 fully saturated rings. The smallest absolute Gasteiger partial charge is 0.290 e. The van der Waals surface area contributed by atoms with Crippen LogP contribution in [0.3, 0.4) is 0 Å². The second-order valence-electron chi connectivity index (χ2n) is 6.42. The molecule has 0 N–H and O–H groups in total. The Morgan fingerprint density at radius 1 is 1.18 bits per heavy atom. The van der Waals surface area contributed by atoms with Crippen LogP contribution in [0.1, 0.15) is 27.7 Å². The number of nitrogens with zero attached hydrogens (tertiary/aromatic N) is 2. The number of nitro benzene ring substituents is 1. The van der Waals surface area contributed by atoms with Crippen molar-refractivity contribution in [2.45, 2.75) is 6.04 Å². The van der Waals surface area contributed by atoms with Crippen LogP contribution in [0.15, 0.2) is 57.7 Å². The number of nitro groups is 1. The van der Waals surface area contributed by atoms with E-state index < -0.39 is 16.9 Å². The lowest BCUT2D eigenvalue weighted by atomic mass is 9.98. The van der Waals surface area contributed by atoms with Crippen LogP contribution in [-0.4, -0.2) is 36.0 Å². The number of hydrogen-bond donors (Lipinski definition) is 0. The quantitative estimate of drug-likeness (QED) is 0.498. The Bertz CT molecular complexity index is 1150.